The van der Waals surface area contributed by atoms with E-state index in [0.717, 1.165) is 30.6 Å². The van der Waals surface area contributed by atoms with Gasteiger partial charge in [0.05, 0.1) is 30.7 Å². The van der Waals surface area contributed by atoms with Crippen molar-refractivity contribution in [2.45, 2.75) is 60.6 Å². The monoisotopic (exact) mass is 543 g/mol. The minimum atomic E-state index is -5.62. The van der Waals surface area contributed by atoms with Crippen molar-refractivity contribution in [2.24, 2.45) is 5.41 Å². The summed E-state index contributed by atoms with van der Waals surface area (Å²) < 4.78 is 80.6. The van der Waals surface area contributed by atoms with E-state index in [0.29, 0.717) is 50.1 Å². The van der Waals surface area contributed by atoms with Gasteiger partial charge in [0.2, 0.25) is 0 Å². The number of nitrogens with one attached hydrogen (secondary N) is 1. The highest BCUT2D eigenvalue weighted by molar-refractivity contribution is 7.92. The van der Waals surface area contributed by atoms with Crippen molar-refractivity contribution in [3.05, 3.63) is 41.2 Å². The summed E-state index contributed by atoms with van der Waals surface area (Å²) in [6.45, 7) is 1.81. The number of hydrogen-bond donors (Lipinski definition) is 1. The summed E-state index contributed by atoms with van der Waals surface area (Å²) in [5.41, 5.74) is -5.42. The lowest BCUT2D eigenvalue weighted by molar-refractivity contribution is -0.0830. The standard InChI is InChI=1S/C23H25F4N5O4S/c24-18-5-17(37(34,35)23(25,26)27)4-3-14(18)10-36-16-8-31(9-16)21(33)32-11-22(12-32)6-15(7-22)20-28-19(29-30-20)13-1-2-13/h3-5,13,15-16H,1-2,6-12H2,(H,28,29,30). The fourth-order valence-corrected chi connectivity index (χ4v) is 6.18. The summed E-state index contributed by atoms with van der Waals surface area (Å²) in [7, 11) is -5.62. The topological polar surface area (TPSA) is 108 Å². The maximum atomic E-state index is 14.2. The van der Waals surface area contributed by atoms with Crippen LogP contribution in [0.5, 0.6) is 0 Å². The number of aromatic amines is 1. The molecule has 2 aliphatic carbocycles. The van der Waals surface area contributed by atoms with Crippen molar-refractivity contribution in [1.29, 1.82) is 0 Å². The van der Waals surface area contributed by atoms with E-state index in [9.17, 15) is 30.8 Å². The average molecular weight is 544 g/mol. The Bertz CT molecular complexity index is 1320. The highest BCUT2D eigenvalue weighted by Crippen LogP contribution is 2.55. The number of hydrogen-bond acceptors (Lipinski definition) is 6. The summed E-state index contributed by atoms with van der Waals surface area (Å²) in [5.74, 6) is 1.75. The Hall–Kier alpha value is -2.74. The number of amides is 2. The lowest BCUT2D eigenvalue weighted by Crippen LogP contribution is -2.68. The fraction of sp³-hybridized carbons (Fsp3) is 0.609. The van der Waals surface area contributed by atoms with E-state index in [-0.39, 0.29) is 29.7 Å². The van der Waals surface area contributed by atoms with Crippen LogP contribution in [0.3, 0.4) is 0 Å². The van der Waals surface area contributed by atoms with Crippen molar-refractivity contribution >= 4 is 15.9 Å². The predicted molar refractivity (Wildman–Crippen MR) is 120 cm³/mol. The number of ether oxygens (including phenoxy) is 1. The Morgan fingerprint density at radius 2 is 1.73 bits per heavy atom. The molecule has 2 saturated heterocycles. The molecule has 9 nitrogen and oxygen atoms in total. The van der Waals surface area contributed by atoms with Gasteiger partial charge in [-0.3, -0.25) is 0 Å². The number of benzene rings is 1. The lowest BCUT2D eigenvalue weighted by atomic mass is 9.57. The van der Waals surface area contributed by atoms with Gasteiger partial charge in [0.1, 0.15) is 17.5 Å². The fourth-order valence-electron chi connectivity index (χ4n) is 5.40. The second-order valence-corrected chi connectivity index (χ2v) is 12.6. The number of sulfone groups is 1. The molecule has 2 amide bonds. The largest absolute Gasteiger partial charge is 0.501 e. The van der Waals surface area contributed by atoms with Gasteiger partial charge in [-0.15, -0.1) is 10.2 Å². The first kappa shape index (κ1) is 24.6. The van der Waals surface area contributed by atoms with Crippen LogP contribution in [0.4, 0.5) is 22.4 Å². The third-order valence-electron chi connectivity index (χ3n) is 7.79. The van der Waals surface area contributed by atoms with Crippen LogP contribution in [0.1, 0.15) is 54.7 Å². The van der Waals surface area contributed by atoms with Crippen LogP contribution in [0.2, 0.25) is 0 Å². The number of carbonyl (C=O) groups is 1. The van der Waals surface area contributed by atoms with Gasteiger partial charge in [-0.05, 0) is 37.8 Å². The second kappa shape index (κ2) is 8.38. The third kappa shape index (κ3) is 4.37. The summed E-state index contributed by atoms with van der Waals surface area (Å²) in [5, 5.41) is 8.55. The minimum absolute atomic E-state index is 0.0638. The predicted octanol–water partition coefficient (Wildman–Crippen LogP) is 3.32. The first-order valence-electron chi connectivity index (χ1n) is 12.1. The molecule has 3 heterocycles. The number of urea groups is 1. The van der Waals surface area contributed by atoms with Crippen LogP contribution in [0.15, 0.2) is 23.1 Å². The van der Waals surface area contributed by atoms with Gasteiger partial charge in [0, 0.05) is 35.9 Å². The van der Waals surface area contributed by atoms with E-state index >= 15 is 0 Å². The Balaban J connectivity index is 0.932. The Kier molecular flexibility index (Phi) is 5.57. The zero-order chi connectivity index (χ0) is 26.2. The van der Waals surface area contributed by atoms with Gasteiger partial charge in [0.25, 0.3) is 9.84 Å². The van der Waals surface area contributed by atoms with Crippen LogP contribution in [-0.4, -0.2) is 77.2 Å². The Labute approximate surface area is 210 Å². The molecule has 4 aliphatic rings. The van der Waals surface area contributed by atoms with Crippen LogP contribution < -0.4 is 0 Å². The molecule has 4 fully saturated rings. The number of halogens is 4. The second-order valence-electron chi connectivity index (χ2n) is 10.7. The maximum Gasteiger partial charge on any atom is 0.501 e. The molecule has 1 N–H and O–H groups in total. The number of nitrogens with zero attached hydrogens (tertiary/aromatic N) is 4. The van der Waals surface area contributed by atoms with E-state index in [2.05, 4.69) is 15.2 Å². The molecule has 0 unspecified atom stereocenters. The Morgan fingerprint density at radius 1 is 1.08 bits per heavy atom. The van der Waals surface area contributed by atoms with Gasteiger partial charge < -0.3 is 19.5 Å². The van der Waals surface area contributed by atoms with Crippen molar-refractivity contribution in [3.63, 3.8) is 0 Å². The van der Waals surface area contributed by atoms with Gasteiger partial charge in [-0.1, -0.05) is 6.07 Å². The third-order valence-corrected chi connectivity index (χ3v) is 9.27. The van der Waals surface area contributed by atoms with Gasteiger partial charge in [-0.25, -0.2) is 17.6 Å². The molecule has 200 valence electrons. The van der Waals surface area contributed by atoms with E-state index in [1.165, 1.54) is 12.8 Å². The van der Waals surface area contributed by atoms with Crippen molar-refractivity contribution < 1.29 is 35.5 Å². The number of rotatable bonds is 6. The van der Waals surface area contributed by atoms with Crippen molar-refractivity contribution in [3.8, 4) is 0 Å². The van der Waals surface area contributed by atoms with E-state index < -0.39 is 26.1 Å². The smallest absolute Gasteiger partial charge is 0.370 e. The summed E-state index contributed by atoms with van der Waals surface area (Å²) in [6, 6.07) is 1.95. The molecular formula is C23H25F4N5O4S. The van der Waals surface area contributed by atoms with Gasteiger partial charge >= 0.3 is 11.5 Å². The highest BCUT2D eigenvalue weighted by atomic mass is 32.2. The molecular weight excluding hydrogens is 518 g/mol. The molecule has 6 rings (SSSR count). The molecule has 1 aromatic heterocycles. The van der Waals surface area contributed by atoms with Crippen LogP contribution in [-0.2, 0) is 21.2 Å². The van der Waals surface area contributed by atoms with E-state index in [1.807, 2.05) is 4.90 Å². The van der Waals surface area contributed by atoms with Crippen LogP contribution >= 0.6 is 0 Å². The molecule has 0 radical (unpaired) electrons. The minimum Gasteiger partial charge on any atom is -0.370 e. The Morgan fingerprint density at radius 3 is 2.32 bits per heavy atom. The summed E-state index contributed by atoms with van der Waals surface area (Å²) >= 11 is 0. The van der Waals surface area contributed by atoms with Crippen molar-refractivity contribution in [2.75, 3.05) is 26.2 Å². The van der Waals surface area contributed by atoms with E-state index in [1.54, 1.807) is 4.90 Å². The molecule has 2 aromatic rings. The molecule has 1 aromatic carbocycles. The number of aromatic nitrogens is 3. The molecule has 2 aliphatic heterocycles. The first-order chi connectivity index (χ1) is 17.4. The van der Waals surface area contributed by atoms with Crippen LogP contribution in [0.25, 0.3) is 0 Å². The molecule has 0 bridgehead atoms. The van der Waals surface area contributed by atoms with Crippen molar-refractivity contribution in [1.82, 2.24) is 25.0 Å². The average Bonchev–Trinajstić information content (AvgIpc) is 3.48. The molecule has 0 atom stereocenters. The lowest BCUT2D eigenvalue weighted by Gasteiger charge is -2.59. The zero-order valence-corrected chi connectivity index (χ0v) is 20.5. The van der Waals surface area contributed by atoms with Gasteiger partial charge in [-0.2, -0.15) is 13.2 Å². The van der Waals surface area contributed by atoms with Gasteiger partial charge in [0.15, 0.2) is 0 Å². The van der Waals surface area contributed by atoms with Crippen LogP contribution in [0, 0.1) is 11.2 Å². The number of H-pyrrole nitrogens is 1. The number of likely N-dealkylation sites (tertiary alicyclic amines) is 2. The first-order valence-corrected chi connectivity index (χ1v) is 13.6. The van der Waals surface area contributed by atoms with E-state index in [4.69, 9.17) is 4.74 Å². The zero-order valence-electron chi connectivity index (χ0n) is 19.7. The SMILES string of the molecule is O=C(N1CC(OCc2ccc(S(=O)(=O)C(F)(F)F)cc2F)C1)N1CC2(CC(c3nnc(C4CC4)[nH]3)C2)C1. The highest BCUT2D eigenvalue weighted by Gasteiger charge is 2.56. The molecule has 2 saturated carbocycles. The quantitative estimate of drug-likeness (QED) is 0.560. The normalized spacial score (nSPS) is 22.1. The number of alkyl halides is 3. The molecule has 1 spiro atoms. The summed E-state index contributed by atoms with van der Waals surface area (Å²) in [4.78, 5) is 18.4. The maximum absolute atomic E-state index is 14.2. The molecule has 14 heteroatoms. The molecule has 37 heavy (non-hydrogen) atoms. The number of carbonyl (C=O) groups excluding carboxylic acids is 1. The summed E-state index contributed by atoms with van der Waals surface area (Å²) in [6.07, 6.45) is 3.97.